The van der Waals surface area contributed by atoms with Gasteiger partial charge in [0.1, 0.15) is 0 Å². The maximum atomic E-state index is 11.8. The van der Waals surface area contributed by atoms with Crippen molar-refractivity contribution in [2.75, 3.05) is 33.5 Å². The second-order valence-electron chi connectivity index (χ2n) is 4.44. The monoisotopic (exact) mass is 244 g/mol. The molecule has 17 heavy (non-hydrogen) atoms. The van der Waals surface area contributed by atoms with Crippen molar-refractivity contribution >= 4 is 5.91 Å². The molecule has 2 N–H and O–H groups in total. The average molecular weight is 244 g/mol. The lowest BCUT2D eigenvalue weighted by Gasteiger charge is -2.24. The lowest BCUT2D eigenvalue weighted by atomic mass is 10.1. The van der Waals surface area contributed by atoms with E-state index in [0.717, 1.165) is 26.0 Å². The Bertz CT molecular complexity index is 212. The highest BCUT2D eigenvalue weighted by Gasteiger charge is 2.18. The Morgan fingerprint density at radius 2 is 2.47 bits per heavy atom. The number of hydrogen-bond acceptors (Lipinski definition) is 4. The molecule has 1 saturated heterocycles. The van der Waals surface area contributed by atoms with Crippen LogP contribution in [0, 0.1) is 0 Å². The van der Waals surface area contributed by atoms with Crippen LogP contribution in [0.2, 0.25) is 0 Å². The first-order valence-electron chi connectivity index (χ1n) is 6.35. The van der Waals surface area contributed by atoms with Gasteiger partial charge in [-0.2, -0.15) is 0 Å². The molecule has 5 heteroatoms. The Labute approximate surface area is 103 Å². The molecule has 2 unspecified atom stereocenters. The highest BCUT2D eigenvalue weighted by Crippen LogP contribution is 2.01. The molecule has 1 aliphatic rings. The van der Waals surface area contributed by atoms with Crippen LogP contribution in [0.3, 0.4) is 0 Å². The second-order valence-corrected chi connectivity index (χ2v) is 4.44. The molecule has 0 aliphatic carbocycles. The van der Waals surface area contributed by atoms with Crippen molar-refractivity contribution in [3.05, 3.63) is 0 Å². The minimum atomic E-state index is 0.0727. The fraction of sp³-hybridized carbons (Fsp3) is 0.917. The first-order chi connectivity index (χ1) is 8.26. The fourth-order valence-corrected chi connectivity index (χ4v) is 2.01. The Balaban J connectivity index is 2.25. The SMILES string of the molecule is CCCC(COC)NC(=O)CC1COCCN1. The third-order valence-corrected chi connectivity index (χ3v) is 2.80. The molecular weight excluding hydrogens is 220 g/mol. The van der Waals surface area contributed by atoms with Gasteiger partial charge in [0.25, 0.3) is 0 Å². The van der Waals surface area contributed by atoms with E-state index in [2.05, 4.69) is 17.6 Å². The van der Waals surface area contributed by atoms with Crippen molar-refractivity contribution in [1.29, 1.82) is 0 Å². The van der Waals surface area contributed by atoms with Gasteiger partial charge in [0.2, 0.25) is 5.91 Å². The highest BCUT2D eigenvalue weighted by atomic mass is 16.5. The smallest absolute Gasteiger partial charge is 0.221 e. The lowest BCUT2D eigenvalue weighted by molar-refractivity contribution is -0.123. The van der Waals surface area contributed by atoms with Gasteiger partial charge < -0.3 is 20.1 Å². The van der Waals surface area contributed by atoms with Crippen molar-refractivity contribution in [1.82, 2.24) is 10.6 Å². The van der Waals surface area contributed by atoms with Crippen molar-refractivity contribution in [2.45, 2.75) is 38.3 Å². The van der Waals surface area contributed by atoms with Gasteiger partial charge in [-0.3, -0.25) is 4.79 Å². The summed E-state index contributed by atoms with van der Waals surface area (Å²) in [7, 11) is 1.66. The van der Waals surface area contributed by atoms with E-state index in [1.807, 2.05) is 0 Å². The molecule has 5 nitrogen and oxygen atoms in total. The Kier molecular flexibility index (Phi) is 7.16. The van der Waals surface area contributed by atoms with Crippen LogP contribution in [0.15, 0.2) is 0 Å². The van der Waals surface area contributed by atoms with Gasteiger partial charge in [0.15, 0.2) is 0 Å². The summed E-state index contributed by atoms with van der Waals surface area (Å²) in [6.07, 6.45) is 2.47. The zero-order valence-electron chi connectivity index (χ0n) is 10.8. The quantitative estimate of drug-likeness (QED) is 0.676. The number of carbonyl (C=O) groups is 1. The number of rotatable bonds is 7. The summed E-state index contributed by atoms with van der Waals surface area (Å²) in [4.78, 5) is 11.8. The fourth-order valence-electron chi connectivity index (χ4n) is 2.01. The van der Waals surface area contributed by atoms with Crippen LogP contribution in [0.4, 0.5) is 0 Å². The van der Waals surface area contributed by atoms with E-state index in [1.54, 1.807) is 7.11 Å². The Morgan fingerprint density at radius 3 is 3.06 bits per heavy atom. The number of carbonyl (C=O) groups excluding carboxylic acids is 1. The van der Waals surface area contributed by atoms with Crippen molar-refractivity contribution in [2.24, 2.45) is 0 Å². The number of amides is 1. The highest BCUT2D eigenvalue weighted by molar-refractivity contribution is 5.76. The Morgan fingerprint density at radius 1 is 1.65 bits per heavy atom. The summed E-state index contributed by atoms with van der Waals surface area (Å²) in [6.45, 7) is 4.87. The average Bonchev–Trinajstić information content (AvgIpc) is 2.30. The van der Waals surface area contributed by atoms with E-state index in [4.69, 9.17) is 9.47 Å². The molecule has 100 valence electrons. The van der Waals surface area contributed by atoms with Gasteiger partial charge in [0.05, 0.1) is 25.9 Å². The molecule has 0 aromatic carbocycles. The largest absolute Gasteiger partial charge is 0.383 e. The number of morpholine rings is 1. The summed E-state index contributed by atoms with van der Waals surface area (Å²) in [5, 5.41) is 6.28. The molecule has 1 amide bonds. The van der Waals surface area contributed by atoms with E-state index in [0.29, 0.717) is 19.6 Å². The van der Waals surface area contributed by atoms with Crippen molar-refractivity contribution in [3.63, 3.8) is 0 Å². The second kappa shape index (κ2) is 8.44. The predicted molar refractivity (Wildman–Crippen MR) is 65.9 cm³/mol. The van der Waals surface area contributed by atoms with E-state index >= 15 is 0 Å². The summed E-state index contributed by atoms with van der Waals surface area (Å²) in [6, 6.07) is 0.274. The molecule has 1 heterocycles. The number of hydrogen-bond donors (Lipinski definition) is 2. The van der Waals surface area contributed by atoms with Crippen LogP contribution in [-0.2, 0) is 14.3 Å². The molecule has 0 radical (unpaired) electrons. The van der Waals surface area contributed by atoms with Crippen molar-refractivity contribution in [3.8, 4) is 0 Å². The minimum absolute atomic E-state index is 0.0727. The van der Waals surface area contributed by atoms with Crippen LogP contribution < -0.4 is 10.6 Å². The standard InChI is InChI=1S/C12H24N2O3/c1-3-4-10(8-16-2)14-12(15)7-11-9-17-6-5-13-11/h10-11,13H,3-9H2,1-2H3,(H,14,15). The molecule has 0 bridgehead atoms. The van der Waals surface area contributed by atoms with Gasteiger partial charge in [-0.15, -0.1) is 0 Å². The predicted octanol–water partition coefficient (Wildman–Crippen LogP) is 0.296. The van der Waals surface area contributed by atoms with Crippen LogP contribution in [-0.4, -0.2) is 51.5 Å². The normalized spacial score (nSPS) is 22.1. The van der Waals surface area contributed by atoms with E-state index in [-0.39, 0.29) is 18.0 Å². The summed E-state index contributed by atoms with van der Waals surface area (Å²) in [5.41, 5.74) is 0. The van der Waals surface area contributed by atoms with Crippen LogP contribution in [0.1, 0.15) is 26.2 Å². The van der Waals surface area contributed by atoms with Gasteiger partial charge in [0, 0.05) is 26.1 Å². The molecule has 0 spiro atoms. The van der Waals surface area contributed by atoms with Gasteiger partial charge in [-0.25, -0.2) is 0 Å². The molecule has 1 fully saturated rings. The molecule has 1 rings (SSSR count). The molecular formula is C12H24N2O3. The maximum Gasteiger partial charge on any atom is 0.221 e. The topological polar surface area (TPSA) is 59.6 Å². The van der Waals surface area contributed by atoms with E-state index < -0.39 is 0 Å². The summed E-state index contributed by atoms with van der Waals surface area (Å²) < 4.78 is 10.4. The zero-order valence-corrected chi connectivity index (χ0v) is 10.8. The molecule has 0 aromatic rings. The van der Waals surface area contributed by atoms with Crippen LogP contribution in [0.5, 0.6) is 0 Å². The minimum Gasteiger partial charge on any atom is -0.383 e. The molecule has 2 atom stereocenters. The first kappa shape index (κ1) is 14.4. The third kappa shape index (κ3) is 6.00. The van der Waals surface area contributed by atoms with Gasteiger partial charge >= 0.3 is 0 Å². The molecule has 1 aliphatic heterocycles. The van der Waals surface area contributed by atoms with Gasteiger partial charge in [-0.1, -0.05) is 13.3 Å². The maximum absolute atomic E-state index is 11.8. The molecule has 0 saturated carbocycles. The number of nitrogens with one attached hydrogen (secondary N) is 2. The van der Waals surface area contributed by atoms with E-state index in [1.165, 1.54) is 0 Å². The zero-order chi connectivity index (χ0) is 12.5. The van der Waals surface area contributed by atoms with Gasteiger partial charge in [-0.05, 0) is 6.42 Å². The molecule has 0 aromatic heterocycles. The van der Waals surface area contributed by atoms with E-state index in [9.17, 15) is 4.79 Å². The van der Waals surface area contributed by atoms with Crippen molar-refractivity contribution < 1.29 is 14.3 Å². The van der Waals surface area contributed by atoms with Crippen LogP contribution in [0.25, 0.3) is 0 Å². The summed E-state index contributed by atoms with van der Waals surface area (Å²) in [5.74, 6) is 0.0727. The Hall–Kier alpha value is -0.650. The number of ether oxygens (including phenoxy) is 2. The first-order valence-corrected chi connectivity index (χ1v) is 6.35. The third-order valence-electron chi connectivity index (χ3n) is 2.80. The lowest BCUT2D eigenvalue weighted by Crippen LogP contribution is -2.46. The van der Waals surface area contributed by atoms with Crippen LogP contribution >= 0.6 is 0 Å². The number of methoxy groups -OCH3 is 1. The summed E-state index contributed by atoms with van der Waals surface area (Å²) >= 11 is 0.